The maximum absolute atomic E-state index is 12.1. The van der Waals surface area contributed by atoms with Gasteiger partial charge in [0.05, 0.1) is 0 Å². The molecule has 5 heteroatoms. The lowest BCUT2D eigenvalue weighted by Crippen LogP contribution is -2.59. The van der Waals surface area contributed by atoms with Crippen LogP contribution in [0.4, 0.5) is 0 Å². The maximum atomic E-state index is 12.1. The second-order valence-electron chi connectivity index (χ2n) is 4.45. The standard InChI is InChI=1S/C15H17N3O2/c1-16-15(20)13-11-17-9-10-18(13)14(19)8-7-12-5-3-2-4-6-12/h2-6,13,17H,9-11H2,1H3,(H,16,20). The Morgan fingerprint density at radius 1 is 1.35 bits per heavy atom. The van der Waals surface area contributed by atoms with E-state index in [2.05, 4.69) is 22.5 Å². The third kappa shape index (κ3) is 3.37. The van der Waals surface area contributed by atoms with Gasteiger partial charge >= 0.3 is 0 Å². The number of piperazine rings is 1. The number of amides is 2. The Kier molecular flexibility index (Phi) is 4.75. The number of carbonyl (C=O) groups is 2. The van der Waals surface area contributed by atoms with Crippen LogP contribution in [0.25, 0.3) is 0 Å². The Labute approximate surface area is 118 Å². The van der Waals surface area contributed by atoms with Gasteiger partial charge in [-0.2, -0.15) is 0 Å². The molecule has 104 valence electrons. The Morgan fingerprint density at radius 2 is 2.10 bits per heavy atom. The molecule has 0 spiro atoms. The highest BCUT2D eigenvalue weighted by Crippen LogP contribution is 2.04. The summed E-state index contributed by atoms with van der Waals surface area (Å²) in [5, 5.41) is 5.68. The van der Waals surface area contributed by atoms with Crippen LogP contribution in [0.3, 0.4) is 0 Å². The zero-order chi connectivity index (χ0) is 14.4. The van der Waals surface area contributed by atoms with Crippen molar-refractivity contribution in [2.75, 3.05) is 26.7 Å². The summed E-state index contributed by atoms with van der Waals surface area (Å²) in [4.78, 5) is 25.4. The van der Waals surface area contributed by atoms with Crippen molar-refractivity contribution in [2.24, 2.45) is 0 Å². The number of nitrogens with one attached hydrogen (secondary N) is 2. The van der Waals surface area contributed by atoms with E-state index in [1.165, 1.54) is 4.90 Å². The van der Waals surface area contributed by atoms with Crippen molar-refractivity contribution in [3.8, 4) is 11.8 Å². The largest absolute Gasteiger partial charge is 0.357 e. The van der Waals surface area contributed by atoms with Gasteiger partial charge in [-0.15, -0.1) is 0 Å². The van der Waals surface area contributed by atoms with Crippen molar-refractivity contribution in [3.63, 3.8) is 0 Å². The summed E-state index contributed by atoms with van der Waals surface area (Å²) in [5.74, 6) is 4.94. The van der Waals surface area contributed by atoms with E-state index < -0.39 is 6.04 Å². The normalized spacial score (nSPS) is 17.9. The topological polar surface area (TPSA) is 61.4 Å². The molecule has 1 aliphatic heterocycles. The van der Waals surface area contributed by atoms with E-state index in [1.807, 2.05) is 30.3 Å². The van der Waals surface area contributed by atoms with Gasteiger partial charge in [0.2, 0.25) is 5.91 Å². The fraction of sp³-hybridized carbons (Fsp3) is 0.333. The van der Waals surface area contributed by atoms with Crippen LogP contribution in [0.1, 0.15) is 5.56 Å². The maximum Gasteiger partial charge on any atom is 0.299 e. The Bertz CT molecular complexity index is 545. The summed E-state index contributed by atoms with van der Waals surface area (Å²) < 4.78 is 0. The molecule has 20 heavy (non-hydrogen) atoms. The Hall–Kier alpha value is -2.32. The lowest BCUT2D eigenvalue weighted by molar-refractivity contribution is -0.137. The van der Waals surface area contributed by atoms with E-state index in [9.17, 15) is 9.59 Å². The molecule has 2 amide bonds. The van der Waals surface area contributed by atoms with Crippen molar-refractivity contribution in [1.29, 1.82) is 0 Å². The van der Waals surface area contributed by atoms with Gasteiger partial charge in [-0.25, -0.2) is 0 Å². The van der Waals surface area contributed by atoms with Gasteiger partial charge in [-0.3, -0.25) is 9.59 Å². The predicted octanol–water partition coefficient (Wildman–Crippen LogP) is -0.415. The zero-order valence-corrected chi connectivity index (χ0v) is 11.3. The summed E-state index contributed by atoms with van der Waals surface area (Å²) >= 11 is 0. The molecule has 1 aromatic rings. The first-order valence-corrected chi connectivity index (χ1v) is 6.52. The summed E-state index contributed by atoms with van der Waals surface area (Å²) in [6, 6.07) is 8.82. The minimum atomic E-state index is -0.494. The average molecular weight is 271 g/mol. The molecule has 5 nitrogen and oxygen atoms in total. The molecule has 0 bridgehead atoms. The quantitative estimate of drug-likeness (QED) is 0.682. The van der Waals surface area contributed by atoms with Crippen molar-refractivity contribution in [1.82, 2.24) is 15.5 Å². The Balaban J connectivity index is 2.11. The first-order valence-electron chi connectivity index (χ1n) is 6.52. The minimum Gasteiger partial charge on any atom is -0.357 e. The molecular formula is C15H17N3O2. The predicted molar refractivity (Wildman–Crippen MR) is 75.8 cm³/mol. The van der Waals surface area contributed by atoms with Crippen LogP contribution >= 0.6 is 0 Å². The number of likely N-dealkylation sites (N-methyl/N-ethyl adjacent to an activating group) is 1. The van der Waals surface area contributed by atoms with E-state index in [1.54, 1.807) is 7.05 Å². The molecule has 1 fully saturated rings. The van der Waals surface area contributed by atoms with Crippen molar-refractivity contribution < 1.29 is 9.59 Å². The fourth-order valence-corrected chi connectivity index (χ4v) is 2.07. The highest BCUT2D eigenvalue weighted by atomic mass is 16.2. The van der Waals surface area contributed by atoms with Crippen LogP contribution in [0.2, 0.25) is 0 Å². The molecular weight excluding hydrogens is 254 g/mol. The molecule has 1 heterocycles. The minimum absolute atomic E-state index is 0.174. The van der Waals surface area contributed by atoms with Crippen LogP contribution in [-0.4, -0.2) is 49.4 Å². The van der Waals surface area contributed by atoms with Gasteiger partial charge in [-0.1, -0.05) is 24.1 Å². The summed E-state index contributed by atoms with van der Waals surface area (Å²) in [7, 11) is 1.56. The first kappa shape index (κ1) is 14.1. The number of benzene rings is 1. The van der Waals surface area contributed by atoms with Crippen molar-refractivity contribution in [2.45, 2.75) is 6.04 Å². The monoisotopic (exact) mass is 271 g/mol. The van der Waals surface area contributed by atoms with Crippen LogP contribution in [0.5, 0.6) is 0 Å². The van der Waals surface area contributed by atoms with E-state index in [4.69, 9.17) is 0 Å². The number of rotatable bonds is 1. The lowest BCUT2D eigenvalue weighted by Gasteiger charge is -2.33. The van der Waals surface area contributed by atoms with Crippen molar-refractivity contribution >= 4 is 11.8 Å². The van der Waals surface area contributed by atoms with Crippen molar-refractivity contribution in [3.05, 3.63) is 35.9 Å². The summed E-state index contributed by atoms with van der Waals surface area (Å²) in [5.41, 5.74) is 0.785. The van der Waals surface area contributed by atoms with Crippen LogP contribution < -0.4 is 10.6 Å². The molecule has 1 aliphatic rings. The molecule has 2 N–H and O–H groups in total. The lowest BCUT2D eigenvalue weighted by atomic mass is 10.1. The van der Waals surface area contributed by atoms with Gasteiger partial charge in [0.25, 0.3) is 5.91 Å². The summed E-state index contributed by atoms with van der Waals surface area (Å²) in [6.07, 6.45) is 0. The highest BCUT2D eigenvalue weighted by Gasteiger charge is 2.30. The molecule has 0 radical (unpaired) electrons. The highest BCUT2D eigenvalue weighted by molar-refractivity contribution is 5.97. The number of nitrogens with zero attached hydrogens (tertiary/aromatic N) is 1. The number of hydrogen-bond donors (Lipinski definition) is 2. The van der Waals surface area contributed by atoms with Gasteiger partial charge in [0, 0.05) is 38.2 Å². The molecule has 1 atom stereocenters. The zero-order valence-electron chi connectivity index (χ0n) is 11.3. The molecule has 1 saturated heterocycles. The van der Waals surface area contributed by atoms with Crippen LogP contribution in [-0.2, 0) is 9.59 Å². The second-order valence-corrected chi connectivity index (χ2v) is 4.45. The van der Waals surface area contributed by atoms with Gasteiger partial charge < -0.3 is 15.5 Å². The van der Waals surface area contributed by atoms with Crippen LogP contribution in [0, 0.1) is 11.8 Å². The second kappa shape index (κ2) is 6.73. The molecule has 1 unspecified atom stereocenters. The van der Waals surface area contributed by atoms with Gasteiger partial charge in [0.1, 0.15) is 6.04 Å². The molecule has 0 aromatic heterocycles. The van der Waals surface area contributed by atoms with E-state index in [0.29, 0.717) is 19.6 Å². The SMILES string of the molecule is CNC(=O)C1CNCCN1C(=O)C#Cc1ccccc1. The van der Waals surface area contributed by atoms with Crippen LogP contribution in [0.15, 0.2) is 30.3 Å². The molecule has 0 aliphatic carbocycles. The van der Waals surface area contributed by atoms with E-state index in [-0.39, 0.29) is 11.8 Å². The van der Waals surface area contributed by atoms with Gasteiger partial charge in [0.15, 0.2) is 0 Å². The Morgan fingerprint density at radius 3 is 2.80 bits per heavy atom. The van der Waals surface area contributed by atoms with E-state index in [0.717, 1.165) is 5.56 Å². The number of carbonyl (C=O) groups excluding carboxylic acids is 2. The fourth-order valence-electron chi connectivity index (χ4n) is 2.07. The molecule has 0 saturated carbocycles. The molecule has 1 aromatic carbocycles. The third-order valence-corrected chi connectivity index (χ3v) is 3.14. The molecule has 2 rings (SSSR count). The first-order chi connectivity index (χ1) is 9.72. The van der Waals surface area contributed by atoms with E-state index >= 15 is 0 Å². The number of hydrogen-bond acceptors (Lipinski definition) is 3. The third-order valence-electron chi connectivity index (χ3n) is 3.14. The van der Waals surface area contributed by atoms with Gasteiger partial charge in [-0.05, 0) is 12.1 Å². The smallest absolute Gasteiger partial charge is 0.299 e. The summed E-state index contributed by atoms with van der Waals surface area (Å²) in [6.45, 7) is 1.62. The average Bonchev–Trinajstić information content (AvgIpc) is 2.52.